The van der Waals surface area contributed by atoms with E-state index < -0.39 is 185 Å². The van der Waals surface area contributed by atoms with Gasteiger partial charge >= 0.3 is 0 Å². The molecule has 3 aromatic rings. The SMILES string of the molecule is CC(C)C[C@H](NC(=O)[C@H](CCCCN)NC(=O)[C@H](CCCNC(=N)N)NC(=O)[C@H](Cc1ccccc1)NC(=O)[C@H](Cc1ccccc1)NC(=O)[C@H](CCCCN)NC(=O)[C@H](CCCCN)NC(=O)[C@H](Cc1ccccc1)NC(=O)[C@H](CCCNC(=N)N)NC(=O)[C@H](CCCCN)NC(=O)[C@@H](N)C(C)C)C(=O)N[C@@H](CCCCN)C(=O)N[C@@H](CCCCN)C(=O)N[C@@H](CC(C)C)C(=O)N[C@H](C(N)=O)C(C)C. The molecule has 0 aliphatic carbocycles. The van der Waals surface area contributed by atoms with Gasteiger partial charge in [-0.3, -0.25) is 82.7 Å². The molecule has 43 nitrogen and oxygen atoms in total. The molecule has 0 fully saturated rings. The molecular formula is C97H166N28O15. The van der Waals surface area contributed by atoms with Crippen LogP contribution >= 0.6 is 0 Å². The van der Waals surface area contributed by atoms with E-state index in [1.165, 1.54) is 0 Å². The Hall–Kier alpha value is -12.0. The Morgan fingerprint density at radius 1 is 0.250 bits per heavy atom. The van der Waals surface area contributed by atoms with Crippen LogP contribution in [0.15, 0.2) is 91.0 Å². The molecule has 784 valence electrons. The maximum Gasteiger partial charge on any atom is 0.243 e. The van der Waals surface area contributed by atoms with Crippen molar-refractivity contribution in [1.82, 2.24) is 85.1 Å². The van der Waals surface area contributed by atoms with Gasteiger partial charge < -0.3 is 142 Å². The number of carbonyl (C=O) groups excluding carboxylic acids is 15. The highest BCUT2D eigenvalue weighted by Gasteiger charge is 2.40. The van der Waals surface area contributed by atoms with Crippen molar-refractivity contribution in [2.45, 2.75) is 319 Å². The summed E-state index contributed by atoms with van der Waals surface area (Å²) in [4.78, 5) is 220. The van der Waals surface area contributed by atoms with E-state index in [1.54, 1.807) is 133 Å². The molecule has 0 aliphatic rings. The summed E-state index contributed by atoms with van der Waals surface area (Å²) in [5, 5.41) is 60.1. The molecule has 3 rings (SSSR count). The van der Waals surface area contributed by atoms with Crippen LogP contribution in [0.25, 0.3) is 0 Å². The summed E-state index contributed by atoms with van der Waals surface area (Å²) in [5.74, 6) is -13.7. The third kappa shape index (κ3) is 49.2. The number of primary amides is 1. The van der Waals surface area contributed by atoms with Crippen molar-refractivity contribution in [3.63, 3.8) is 0 Å². The van der Waals surface area contributed by atoms with E-state index in [2.05, 4.69) is 85.1 Å². The van der Waals surface area contributed by atoms with Crippen molar-refractivity contribution in [2.24, 2.45) is 81.0 Å². The Bertz CT molecular complexity index is 4290. The Morgan fingerprint density at radius 3 is 0.643 bits per heavy atom. The third-order valence-corrected chi connectivity index (χ3v) is 23.4. The average molecular weight is 1960 g/mol. The fourth-order valence-electron chi connectivity index (χ4n) is 15.4. The molecule has 15 amide bonds. The van der Waals surface area contributed by atoms with Crippen LogP contribution in [0.3, 0.4) is 0 Å². The number of hydrogen-bond donors (Lipinski definition) is 28. The van der Waals surface area contributed by atoms with Gasteiger partial charge in [0.2, 0.25) is 88.6 Å². The van der Waals surface area contributed by atoms with Crippen LogP contribution in [-0.4, -0.2) is 244 Å². The fraction of sp³-hybridized carbons (Fsp3) is 0.639. The summed E-state index contributed by atoms with van der Waals surface area (Å²) in [6, 6.07) is 5.90. The standard InChI is InChI=1S/C97H166N28O15/c1-59(2)54-74(90(135)116-66(38-18-24-46-98)82(127)112-69(41-21-27-49-101)87(132)121-75(55-60(3)4)94(139)125-80(62(7)8)81(105)126)120-86(131)68(40-20-26-48-100)114-85(130)72(44-30-52-110-96(106)107)118-92(137)77(57-64-34-14-10-15-35-64)124-93(138)78(58-65-36-16-11-17-37-65)123-88(133)70(42-22-28-50-102)113-83(128)67(39-19-25-47-99)117-91(136)76(56-63-32-12-9-13-33-63)122-89(134)73(45-31-53-111-97(108)109)115-84(129)71(43-23-29-51-103)119-95(140)79(104)61(5)6/h9-17,32-37,59-62,66-80H,18-31,38-58,98-104H2,1-8H3,(H2,105,126)(H,112,127)(H,113,128)(H,114,130)(H,115,129)(H,116,135)(H,117,136)(H,118,137)(H,119,140)(H,120,131)(H,121,132)(H,122,134)(H,123,133)(H,124,138)(H,125,139)(H4,106,107,110)(H4,108,109,111)/t66-,67-,68-,69-,70-,71-,72-,73-,74-,75-,76-,77-,78-,79-,80-/m0/s1. The maximum atomic E-state index is 15.5. The van der Waals surface area contributed by atoms with Crippen LogP contribution in [0.2, 0.25) is 0 Å². The maximum absolute atomic E-state index is 15.5. The van der Waals surface area contributed by atoms with Gasteiger partial charge in [-0.2, -0.15) is 0 Å². The van der Waals surface area contributed by atoms with Gasteiger partial charge in [0.1, 0.15) is 84.6 Å². The molecular weight excluding hydrogens is 1800 g/mol. The highest BCUT2D eigenvalue weighted by molar-refractivity contribution is 6.01. The van der Waals surface area contributed by atoms with Gasteiger partial charge in [-0.05, 0) is 234 Å². The van der Waals surface area contributed by atoms with E-state index in [4.69, 9.17) is 68.2 Å². The van der Waals surface area contributed by atoms with E-state index in [-0.39, 0.29) is 191 Å². The van der Waals surface area contributed by atoms with Crippen molar-refractivity contribution in [3.8, 4) is 0 Å². The normalized spacial score (nSPS) is 14.5. The Balaban J connectivity index is 2.16. The lowest BCUT2D eigenvalue weighted by molar-refractivity contribution is -0.136. The van der Waals surface area contributed by atoms with E-state index >= 15 is 33.6 Å². The summed E-state index contributed by atoms with van der Waals surface area (Å²) in [5.41, 5.74) is 60.4. The van der Waals surface area contributed by atoms with Crippen LogP contribution in [0.4, 0.5) is 0 Å². The number of nitrogens with one attached hydrogen (secondary N) is 18. The molecule has 38 N–H and O–H groups in total. The van der Waals surface area contributed by atoms with Gasteiger partial charge in [-0.25, -0.2) is 0 Å². The first-order valence-corrected chi connectivity index (χ1v) is 49.5. The summed E-state index contributed by atoms with van der Waals surface area (Å²) in [6.07, 6.45) is 4.18. The van der Waals surface area contributed by atoms with Gasteiger partial charge in [-0.15, -0.1) is 0 Å². The number of amides is 15. The van der Waals surface area contributed by atoms with Crippen LogP contribution in [-0.2, 0) is 91.2 Å². The molecule has 0 spiro atoms. The van der Waals surface area contributed by atoms with Crippen molar-refractivity contribution in [2.75, 3.05) is 52.4 Å². The molecule has 0 aromatic heterocycles. The summed E-state index contributed by atoms with van der Waals surface area (Å²) < 4.78 is 0. The molecule has 0 saturated carbocycles. The number of benzene rings is 3. The molecule has 0 radical (unpaired) electrons. The minimum absolute atomic E-state index is 0.00604. The first kappa shape index (κ1) is 122. The van der Waals surface area contributed by atoms with E-state index in [0.717, 1.165) is 0 Å². The third-order valence-electron chi connectivity index (χ3n) is 23.4. The van der Waals surface area contributed by atoms with Gasteiger partial charge in [0.05, 0.1) is 6.04 Å². The van der Waals surface area contributed by atoms with Gasteiger partial charge in [0, 0.05) is 32.4 Å². The lowest BCUT2D eigenvalue weighted by Crippen LogP contribution is -2.61. The highest BCUT2D eigenvalue weighted by atomic mass is 16.2. The molecule has 3 aromatic carbocycles. The fourth-order valence-corrected chi connectivity index (χ4v) is 15.4. The van der Waals surface area contributed by atoms with Gasteiger partial charge in [-0.1, -0.05) is 146 Å². The minimum atomic E-state index is -1.54. The predicted octanol–water partition coefficient (Wildman–Crippen LogP) is -1.98. The lowest BCUT2D eigenvalue weighted by atomic mass is 9.99. The Kier molecular flexibility index (Phi) is 60.1. The van der Waals surface area contributed by atoms with Crippen LogP contribution in [0.5, 0.6) is 0 Å². The number of unbranched alkanes of at least 4 members (excludes halogenated alkanes) is 6. The molecule has 0 unspecified atom stereocenters. The zero-order chi connectivity index (χ0) is 104. The predicted molar refractivity (Wildman–Crippen MR) is 539 cm³/mol. The van der Waals surface area contributed by atoms with Crippen molar-refractivity contribution in [1.29, 1.82) is 10.8 Å². The number of carbonyl (C=O) groups is 15. The molecule has 15 atom stereocenters. The highest BCUT2D eigenvalue weighted by Crippen LogP contribution is 2.19. The van der Waals surface area contributed by atoms with E-state index in [0.29, 0.717) is 81.0 Å². The van der Waals surface area contributed by atoms with Crippen LogP contribution < -0.4 is 142 Å². The second kappa shape index (κ2) is 68.9. The lowest BCUT2D eigenvalue weighted by Gasteiger charge is -2.29. The van der Waals surface area contributed by atoms with E-state index in [1.807, 2.05) is 13.8 Å². The molecule has 0 saturated heterocycles. The average Bonchev–Trinajstić information content (AvgIpc) is 0.854. The van der Waals surface area contributed by atoms with Gasteiger partial charge in [0.25, 0.3) is 0 Å². The van der Waals surface area contributed by atoms with Crippen molar-refractivity contribution >= 4 is 101 Å². The summed E-state index contributed by atoms with van der Waals surface area (Å²) in [6.45, 7) is 15.7. The monoisotopic (exact) mass is 1960 g/mol. The van der Waals surface area contributed by atoms with Gasteiger partial charge in [0.15, 0.2) is 11.9 Å². The van der Waals surface area contributed by atoms with Crippen molar-refractivity contribution < 1.29 is 71.9 Å². The van der Waals surface area contributed by atoms with Crippen LogP contribution in [0.1, 0.15) is 226 Å². The largest absolute Gasteiger partial charge is 0.370 e. The molecule has 0 bridgehead atoms. The second-order valence-corrected chi connectivity index (χ2v) is 37.2. The number of rotatable bonds is 73. The molecule has 0 heterocycles. The number of hydrogen-bond acceptors (Lipinski definition) is 24. The molecule has 43 heteroatoms. The molecule has 0 aliphatic heterocycles. The smallest absolute Gasteiger partial charge is 0.243 e. The molecule has 140 heavy (non-hydrogen) atoms. The topological polar surface area (TPSA) is 756 Å². The number of guanidine groups is 2. The quantitative estimate of drug-likeness (QED) is 0.0165. The van der Waals surface area contributed by atoms with E-state index in [9.17, 15) is 38.4 Å². The Labute approximate surface area is 824 Å². The second-order valence-electron chi connectivity index (χ2n) is 37.2. The summed E-state index contributed by atoms with van der Waals surface area (Å²) >= 11 is 0. The minimum Gasteiger partial charge on any atom is -0.370 e. The Morgan fingerprint density at radius 2 is 0.443 bits per heavy atom. The summed E-state index contributed by atoms with van der Waals surface area (Å²) in [7, 11) is 0. The number of nitrogens with two attached hydrogens (primary N) is 10. The van der Waals surface area contributed by atoms with Crippen molar-refractivity contribution in [3.05, 3.63) is 108 Å². The zero-order valence-electron chi connectivity index (χ0n) is 83.3. The first-order valence-electron chi connectivity index (χ1n) is 49.5. The van der Waals surface area contributed by atoms with Crippen LogP contribution in [0, 0.1) is 34.5 Å². The first-order chi connectivity index (χ1) is 66.7. The zero-order valence-corrected chi connectivity index (χ0v) is 83.3.